The number of rotatable bonds is 11. The molecule has 3 aromatic rings. The van der Waals surface area contributed by atoms with Gasteiger partial charge in [-0.3, -0.25) is 4.79 Å². The van der Waals surface area contributed by atoms with E-state index >= 15 is 0 Å². The Labute approximate surface area is 208 Å². The Morgan fingerprint density at radius 2 is 1.94 bits per heavy atom. The lowest BCUT2D eigenvalue weighted by atomic mass is 9.92. The summed E-state index contributed by atoms with van der Waals surface area (Å²) >= 11 is 0. The van der Waals surface area contributed by atoms with E-state index in [9.17, 15) is 9.59 Å². The van der Waals surface area contributed by atoms with Crippen molar-refractivity contribution in [2.75, 3.05) is 33.5 Å². The van der Waals surface area contributed by atoms with Crippen LogP contribution in [0.2, 0.25) is 0 Å². The van der Waals surface area contributed by atoms with E-state index in [1.165, 1.54) is 7.11 Å². The van der Waals surface area contributed by atoms with Crippen LogP contribution in [0.4, 0.5) is 0 Å². The highest BCUT2D eigenvalue weighted by Crippen LogP contribution is 2.31. The number of methoxy groups -OCH3 is 1. The van der Waals surface area contributed by atoms with E-state index in [-0.39, 0.29) is 44.6 Å². The minimum Gasteiger partial charge on any atom is -0.465 e. The van der Waals surface area contributed by atoms with E-state index in [2.05, 4.69) is 15.3 Å². The molecule has 2 atom stereocenters. The maximum absolute atomic E-state index is 13.0. The molecule has 36 heavy (non-hydrogen) atoms. The standard InChI is InChI=1S/C26H29N3O7/c1-33-26(32)18-8-6-17(7-9-18)19-14-22(36-24(15-19)35-13-12-34-11-10-30)25(31)27-16-23-28-20-4-2-3-5-21(20)29-23/h2-9,14,19,24,30H,10-13,15-16H2,1H3,(H,27,31)(H,28,29)/t19-,24+/m1/s1. The molecule has 0 bridgehead atoms. The molecule has 0 unspecified atom stereocenters. The first kappa shape index (κ1) is 25.4. The summed E-state index contributed by atoms with van der Waals surface area (Å²) in [4.78, 5) is 32.4. The molecule has 0 radical (unpaired) electrons. The van der Waals surface area contributed by atoms with Gasteiger partial charge in [-0.1, -0.05) is 24.3 Å². The van der Waals surface area contributed by atoms with E-state index in [0.717, 1.165) is 16.6 Å². The zero-order chi connectivity index (χ0) is 25.3. The smallest absolute Gasteiger partial charge is 0.337 e. The van der Waals surface area contributed by atoms with Gasteiger partial charge in [-0.15, -0.1) is 0 Å². The molecule has 0 saturated heterocycles. The monoisotopic (exact) mass is 495 g/mol. The molecular weight excluding hydrogens is 466 g/mol. The van der Waals surface area contributed by atoms with Gasteiger partial charge in [0.1, 0.15) is 5.82 Å². The highest BCUT2D eigenvalue weighted by atomic mass is 16.7. The molecule has 2 heterocycles. The summed E-state index contributed by atoms with van der Waals surface area (Å²) < 4.78 is 21.7. The third-order valence-corrected chi connectivity index (χ3v) is 5.66. The number of fused-ring (bicyclic) bond motifs is 1. The zero-order valence-corrected chi connectivity index (χ0v) is 19.9. The molecule has 10 heteroatoms. The van der Waals surface area contributed by atoms with Crippen molar-refractivity contribution in [3.8, 4) is 0 Å². The van der Waals surface area contributed by atoms with Crippen LogP contribution < -0.4 is 5.32 Å². The number of hydrogen-bond acceptors (Lipinski definition) is 8. The molecule has 0 fully saturated rings. The number of amides is 1. The number of aromatic nitrogens is 2. The number of carbonyl (C=O) groups excluding carboxylic acids is 2. The number of carbonyl (C=O) groups is 2. The van der Waals surface area contributed by atoms with Crippen molar-refractivity contribution in [3.63, 3.8) is 0 Å². The van der Waals surface area contributed by atoms with Crippen LogP contribution in [0, 0.1) is 0 Å². The molecule has 2 aromatic carbocycles. The van der Waals surface area contributed by atoms with Gasteiger partial charge >= 0.3 is 5.97 Å². The van der Waals surface area contributed by atoms with Gasteiger partial charge in [0.15, 0.2) is 5.76 Å². The lowest BCUT2D eigenvalue weighted by Crippen LogP contribution is -2.33. The van der Waals surface area contributed by atoms with Gasteiger partial charge in [0.25, 0.3) is 5.91 Å². The molecule has 0 spiro atoms. The fraction of sp³-hybridized carbons (Fsp3) is 0.346. The van der Waals surface area contributed by atoms with Crippen LogP contribution in [0.25, 0.3) is 11.0 Å². The number of imidazole rings is 1. The van der Waals surface area contributed by atoms with Crippen molar-refractivity contribution in [1.29, 1.82) is 0 Å². The van der Waals surface area contributed by atoms with Gasteiger partial charge in [0.05, 0.1) is 56.7 Å². The maximum Gasteiger partial charge on any atom is 0.337 e. The molecule has 1 amide bonds. The summed E-state index contributed by atoms with van der Waals surface area (Å²) in [5.74, 6) is -0.221. The topological polar surface area (TPSA) is 132 Å². The molecule has 10 nitrogen and oxygen atoms in total. The van der Waals surface area contributed by atoms with Crippen molar-refractivity contribution in [2.24, 2.45) is 0 Å². The van der Waals surface area contributed by atoms with Crippen molar-refractivity contribution in [2.45, 2.75) is 25.2 Å². The Bertz CT molecular complexity index is 1170. The van der Waals surface area contributed by atoms with E-state index in [1.807, 2.05) is 36.4 Å². The molecule has 3 N–H and O–H groups in total. The maximum atomic E-state index is 13.0. The number of nitrogens with one attached hydrogen (secondary N) is 2. The van der Waals surface area contributed by atoms with E-state index in [1.54, 1.807) is 18.2 Å². The average Bonchev–Trinajstić information content (AvgIpc) is 3.34. The Morgan fingerprint density at radius 1 is 1.14 bits per heavy atom. The quantitative estimate of drug-likeness (QED) is 0.273. The van der Waals surface area contributed by atoms with E-state index in [0.29, 0.717) is 17.8 Å². The Kier molecular flexibility index (Phi) is 8.66. The van der Waals surface area contributed by atoms with Crippen LogP contribution in [0.1, 0.15) is 34.1 Å². The summed E-state index contributed by atoms with van der Waals surface area (Å²) in [6.45, 7) is 0.886. The zero-order valence-electron chi connectivity index (χ0n) is 19.9. The van der Waals surface area contributed by atoms with E-state index in [4.69, 9.17) is 24.1 Å². The number of aromatic amines is 1. The van der Waals surface area contributed by atoms with Crippen LogP contribution in [-0.2, 0) is 30.3 Å². The fourth-order valence-electron chi connectivity index (χ4n) is 3.88. The summed E-state index contributed by atoms with van der Waals surface area (Å²) in [5.41, 5.74) is 3.05. The number of allylic oxidation sites excluding steroid dienone is 1. The van der Waals surface area contributed by atoms with Crippen LogP contribution in [0.15, 0.2) is 60.4 Å². The number of H-pyrrole nitrogens is 1. The summed E-state index contributed by atoms with van der Waals surface area (Å²) in [7, 11) is 1.33. The van der Waals surface area contributed by atoms with E-state index < -0.39 is 18.2 Å². The lowest BCUT2D eigenvalue weighted by molar-refractivity contribution is -0.151. The van der Waals surface area contributed by atoms with Gasteiger partial charge in [0.2, 0.25) is 6.29 Å². The third kappa shape index (κ3) is 6.48. The Hall–Kier alpha value is -3.73. The third-order valence-electron chi connectivity index (χ3n) is 5.66. The average molecular weight is 496 g/mol. The number of aliphatic hydroxyl groups is 1. The van der Waals surface area contributed by atoms with Crippen LogP contribution in [0.5, 0.6) is 0 Å². The Balaban J connectivity index is 1.45. The van der Waals surface area contributed by atoms with Crippen molar-refractivity contribution in [1.82, 2.24) is 15.3 Å². The molecule has 190 valence electrons. The summed E-state index contributed by atoms with van der Waals surface area (Å²) in [5, 5.41) is 11.7. The molecule has 0 aliphatic carbocycles. The number of hydrogen-bond donors (Lipinski definition) is 3. The predicted octanol–water partition coefficient (Wildman–Crippen LogP) is 2.41. The highest BCUT2D eigenvalue weighted by Gasteiger charge is 2.29. The molecule has 0 saturated carbocycles. The highest BCUT2D eigenvalue weighted by molar-refractivity contribution is 5.92. The van der Waals surface area contributed by atoms with Gasteiger partial charge in [-0.05, 0) is 35.9 Å². The first-order chi connectivity index (χ1) is 17.6. The minimum atomic E-state index is -0.676. The molecular formula is C26H29N3O7. The first-order valence-electron chi connectivity index (χ1n) is 11.7. The van der Waals surface area contributed by atoms with Crippen molar-refractivity contribution in [3.05, 3.63) is 77.3 Å². The SMILES string of the molecule is COC(=O)c1ccc([C@@H]2C=C(C(=O)NCc3nc4ccccc4[nH]3)O[C@H](OCCOCCO)C2)cc1. The van der Waals surface area contributed by atoms with Gasteiger partial charge in [0, 0.05) is 12.3 Å². The summed E-state index contributed by atoms with van der Waals surface area (Å²) in [6.07, 6.45) is 1.55. The van der Waals surface area contributed by atoms with Crippen LogP contribution in [-0.4, -0.2) is 66.8 Å². The number of para-hydroxylation sites is 2. The minimum absolute atomic E-state index is 0.0676. The van der Waals surface area contributed by atoms with Crippen LogP contribution >= 0.6 is 0 Å². The number of nitrogens with zero attached hydrogens (tertiary/aromatic N) is 1. The van der Waals surface area contributed by atoms with Gasteiger partial charge in [-0.25, -0.2) is 9.78 Å². The number of esters is 1. The second-order valence-electron chi connectivity index (χ2n) is 8.12. The molecule has 4 rings (SSSR count). The van der Waals surface area contributed by atoms with Gasteiger partial charge < -0.3 is 34.4 Å². The second-order valence-corrected chi connectivity index (χ2v) is 8.12. The largest absolute Gasteiger partial charge is 0.465 e. The lowest BCUT2D eigenvalue weighted by Gasteiger charge is -2.29. The predicted molar refractivity (Wildman–Crippen MR) is 130 cm³/mol. The number of aliphatic hydroxyl groups excluding tert-OH is 1. The molecule has 1 aliphatic rings. The first-order valence-corrected chi connectivity index (χ1v) is 11.7. The number of ether oxygens (including phenoxy) is 4. The van der Waals surface area contributed by atoms with Gasteiger partial charge in [-0.2, -0.15) is 0 Å². The molecule has 1 aliphatic heterocycles. The second kappa shape index (κ2) is 12.3. The van der Waals surface area contributed by atoms with Crippen LogP contribution in [0.3, 0.4) is 0 Å². The molecule has 1 aromatic heterocycles. The Morgan fingerprint density at radius 3 is 2.69 bits per heavy atom. The normalized spacial score (nSPS) is 17.3. The number of benzene rings is 2. The fourth-order valence-corrected chi connectivity index (χ4v) is 3.88. The van der Waals surface area contributed by atoms with Crippen molar-refractivity contribution < 1.29 is 33.6 Å². The summed E-state index contributed by atoms with van der Waals surface area (Å²) in [6, 6.07) is 14.6. The van der Waals surface area contributed by atoms with Crippen molar-refractivity contribution >= 4 is 22.9 Å².